The lowest BCUT2D eigenvalue weighted by Crippen LogP contribution is -2.39. The molecule has 0 saturated carbocycles. The Balaban J connectivity index is 1.54. The van der Waals surface area contributed by atoms with E-state index < -0.39 is 0 Å². The van der Waals surface area contributed by atoms with Gasteiger partial charge < -0.3 is 14.4 Å². The minimum Gasteiger partial charge on any atom is -0.419 e. The van der Waals surface area contributed by atoms with Crippen molar-refractivity contribution in [3.8, 4) is 11.5 Å². The molecule has 2 heterocycles. The lowest BCUT2D eigenvalue weighted by molar-refractivity contribution is 0.116. The standard InChI is InChI=1S/C19H28N4O2/c1-15(18-20-21-19(25-18)17-6-4-3-5-7-17)22(2)14-16-8-10-23(11-9-16)12-13-24/h3-7,15-16,24H,8-14H2,1-2H3. The number of β-amino-alcohol motifs (C(OH)–C–C–N with tert-alkyl or cyclic N) is 1. The predicted molar refractivity (Wildman–Crippen MR) is 97.0 cm³/mol. The van der Waals surface area contributed by atoms with Gasteiger partial charge in [0, 0.05) is 18.7 Å². The Kier molecular flexibility index (Phi) is 6.18. The second-order valence-electron chi connectivity index (χ2n) is 6.94. The maximum atomic E-state index is 9.04. The van der Waals surface area contributed by atoms with Crippen molar-refractivity contribution >= 4 is 0 Å². The van der Waals surface area contributed by atoms with Gasteiger partial charge in [0.2, 0.25) is 11.8 Å². The molecule has 1 aromatic carbocycles. The summed E-state index contributed by atoms with van der Waals surface area (Å²) in [5.41, 5.74) is 0.951. The number of hydrogen-bond donors (Lipinski definition) is 1. The van der Waals surface area contributed by atoms with E-state index in [0.29, 0.717) is 17.7 Å². The molecule has 25 heavy (non-hydrogen) atoms. The third-order valence-corrected chi connectivity index (χ3v) is 5.15. The van der Waals surface area contributed by atoms with Crippen LogP contribution in [-0.2, 0) is 0 Å². The van der Waals surface area contributed by atoms with Crippen LogP contribution < -0.4 is 0 Å². The Morgan fingerprint density at radius 2 is 1.96 bits per heavy atom. The maximum absolute atomic E-state index is 9.04. The molecule has 1 unspecified atom stereocenters. The van der Waals surface area contributed by atoms with E-state index in [2.05, 4.69) is 34.0 Å². The average molecular weight is 344 g/mol. The van der Waals surface area contributed by atoms with Gasteiger partial charge in [0.25, 0.3) is 0 Å². The summed E-state index contributed by atoms with van der Waals surface area (Å²) in [4.78, 5) is 4.64. The first-order chi connectivity index (χ1) is 12.2. The molecule has 0 amide bonds. The van der Waals surface area contributed by atoms with Crippen LogP contribution >= 0.6 is 0 Å². The van der Waals surface area contributed by atoms with Crippen LogP contribution in [0.5, 0.6) is 0 Å². The molecule has 1 aliphatic heterocycles. The topological polar surface area (TPSA) is 65.6 Å². The number of benzene rings is 1. The highest BCUT2D eigenvalue weighted by atomic mass is 16.4. The number of aromatic nitrogens is 2. The summed E-state index contributed by atoms with van der Waals surface area (Å²) in [7, 11) is 2.12. The van der Waals surface area contributed by atoms with Gasteiger partial charge in [-0.15, -0.1) is 10.2 Å². The lowest BCUT2D eigenvalue weighted by Gasteiger charge is -2.34. The first-order valence-electron chi connectivity index (χ1n) is 9.09. The average Bonchev–Trinajstić information content (AvgIpc) is 3.14. The van der Waals surface area contributed by atoms with E-state index in [1.807, 2.05) is 30.3 Å². The minimum absolute atomic E-state index is 0.0976. The fourth-order valence-electron chi connectivity index (χ4n) is 3.39. The molecule has 1 aliphatic rings. The van der Waals surface area contributed by atoms with Crippen LogP contribution in [0.2, 0.25) is 0 Å². The molecule has 1 atom stereocenters. The third-order valence-electron chi connectivity index (χ3n) is 5.15. The summed E-state index contributed by atoms with van der Waals surface area (Å²) in [6.07, 6.45) is 2.35. The number of piperidine rings is 1. The molecule has 1 saturated heterocycles. The van der Waals surface area contributed by atoms with Gasteiger partial charge in [-0.1, -0.05) is 18.2 Å². The van der Waals surface area contributed by atoms with Crippen molar-refractivity contribution in [3.05, 3.63) is 36.2 Å². The summed E-state index contributed by atoms with van der Waals surface area (Å²) in [5.74, 6) is 1.92. The van der Waals surface area contributed by atoms with Crippen molar-refractivity contribution in [3.63, 3.8) is 0 Å². The van der Waals surface area contributed by atoms with Crippen molar-refractivity contribution in [1.29, 1.82) is 0 Å². The molecule has 6 nitrogen and oxygen atoms in total. The third kappa shape index (κ3) is 4.66. The molecular formula is C19H28N4O2. The smallest absolute Gasteiger partial charge is 0.247 e. The van der Waals surface area contributed by atoms with Crippen molar-refractivity contribution in [1.82, 2.24) is 20.0 Å². The zero-order chi connectivity index (χ0) is 17.6. The molecule has 0 spiro atoms. The highest BCUT2D eigenvalue weighted by Crippen LogP contribution is 2.25. The van der Waals surface area contributed by atoms with Gasteiger partial charge in [0.05, 0.1) is 12.6 Å². The first kappa shape index (κ1) is 18.0. The van der Waals surface area contributed by atoms with Gasteiger partial charge in [0.15, 0.2) is 0 Å². The van der Waals surface area contributed by atoms with Crippen LogP contribution in [-0.4, -0.2) is 64.9 Å². The Labute approximate surface area is 149 Å². The molecule has 1 aromatic heterocycles. The van der Waals surface area contributed by atoms with E-state index >= 15 is 0 Å². The van der Waals surface area contributed by atoms with E-state index in [0.717, 1.165) is 31.7 Å². The van der Waals surface area contributed by atoms with Crippen molar-refractivity contribution in [2.45, 2.75) is 25.8 Å². The largest absolute Gasteiger partial charge is 0.419 e. The van der Waals surface area contributed by atoms with Crippen LogP contribution in [0.15, 0.2) is 34.7 Å². The summed E-state index contributed by atoms with van der Waals surface area (Å²) in [6, 6.07) is 9.97. The second-order valence-corrected chi connectivity index (χ2v) is 6.94. The summed E-state index contributed by atoms with van der Waals surface area (Å²) in [5, 5.41) is 17.5. The number of aliphatic hydroxyl groups excluding tert-OH is 1. The van der Waals surface area contributed by atoms with Crippen molar-refractivity contribution < 1.29 is 9.52 Å². The fraction of sp³-hybridized carbons (Fsp3) is 0.579. The van der Waals surface area contributed by atoms with E-state index in [-0.39, 0.29) is 12.6 Å². The van der Waals surface area contributed by atoms with Crippen molar-refractivity contribution in [2.75, 3.05) is 39.8 Å². The SMILES string of the molecule is CC(c1nnc(-c2ccccc2)o1)N(C)CC1CCN(CCO)CC1. The Morgan fingerprint density at radius 3 is 2.64 bits per heavy atom. The molecule has 0 bridgehead atoms. The fourth-order valence-corrected chi connectivity index (χ4v) is 3.39. The second kappa shape index (κ2) is 8.56. The summed E-state index contributed by atoms with van der Waals surface area (Å²) < 4.78 is 5.89. The van der Waals surface area contributed by atoms with Crippen LogP contribution in [0.1, 0.15) is 31.7 Å². The van der Waals surface area contributed by atoms with Gasteiger partial charge in [-0.2, -0.15) is 0 Å². The molecule has 6 heteroatoms. The van der Waals surface area contributed by atoms with Crippen LogP contribution in [0.25, 0.3) is 11.5 Å². The van der Waals surface area contributed by atoms with Crippen molar-refractivity contribution in [2.24, 2.45) is 5.92 Å². The molecular weight excluding hydrogens is 316 g/mol. The van der Waals surface area contributed by atoms with Gasteiger partial charge in [-0.3, -0.25) is 4.90 Å². The van der Waals surface area contributed by atoms with Crippen LogP contribution in [0.4, 0.5) is 0 Å². The van der Waals surface area contributed by atoms with E-state index in [1.165, 1.54) is 12.8 Å². The molecule has 2 aromatic rings. The van der Waals surface area contributed by atoms with E-state index in [9.17, 15) is 0 Å². The zero-order valence-electron chi connectivity index (χ0n) is 15.1. The van der Waals surface area contributed by atoms with Crippen LogP contribution in [0.3, 0.4) is 0 Å². The van der Waals surface area contributed by atoms with Gasteiger partial charge in [-0.25, -0.2) is 0 Å². The number of likely N-dealkylation sites (tertiary alicyclic amines) is 1. The minimum atomic E-state index is 0.0976. The number of aliphatic hydroxyl groups is 1. The van der Waals surface area contributed by atoms with Crippen LogP contribution in [0, 0.1) is 5.92 Å². The van der Waals surface area contributed by atoms with E-state index in [4.69, 9.17) is 9.52 Å². The maximum Gasteiger partial charge on any atom is 0.247 e. The molecule has 136 valence electrons. The molecule has 3 rings (SSSR count). The van der Waals surface area contributed by atoms with E-state index in [1.54, 1.807) is 0 Å². The summed E-state index contributed by atoms with van der Waals surface area (Å²) in [6.45, 7) is 6.34. The lowest BCUT2D eigenvalue weighted by atomic mass is 9.96. The molecule has 0 radical (unpaired) electrons. The number of nitrogens with zero attached hydrogens (tertiary/aromatic N) is 4. The molecule has 1 N–H and O–H groups in total. The molecule has 0 aliphatic carbocycles. The highest BCUT2D eigenvalue weighted by molar-refractivity contribution is 5.51. The monoisotopic (exact) mass is 344 g/mol. The quantitative estimate of drug-likeness (QED) is 0.832. The highest BCUT2D eigenvalue weighted by Gasteiger charge is 2.24. The summed E-state index contributed by atoms with van der Waals surface area (Å²) >= 11 is 0. The Morgan fingerprint density at radius 1 is 1.24 bits per heavy atom. The van der Waals surface area contributed by atoms with Gasteiger partial charge >= 0.3 is 0 Å². The van der Waals surface area contributed by atoms with Gasteiger partial charge in [-0.05, 0) is 58.0 Å². The normalized spacial score (nSPS) is 17.9. The zero-order valence-corrected chi connectivity index (χ0v) is 15.1. The first-order valence-corrected chi connectivity index (χ1v) is 9.09. The Bertz CT molecular complexity index is 638. The Hall–Kier alpha value is -1.76. The molecule has 1 fully saturated rings. The number of rotatable bonds is 7. The van der Waals surface area contributed by atoms with Gasteiger partial charge in [0.1, 0.15) is 0 Å². The number of hydrogen-bond acceptors (Lipinski definition) is 6. The predicted octanol–water partition coefficient (Wildman–Crippen LogP) is 2.43.